The van der Waals surface area contributed by atoms with Gasteiger partial charge in [-0.1, -0.05) is 30.0 Å². The molecule has 0 spiro atoms. The number of nitrogens with zero attached hydrogens (tertiary/aromatic N) is 2. The van der Waals surface area contributed by atoms with Gasteiger partial charge >= 0.3 is 0 Å². The molecule has 0 bridgehead atoms. The lowest BCUT2D eigenvalue weighted by atomic mass is 9.94. The Balaban J connectivity index is 1.82. The second kappa shape index (κ2) is 6.39. The van der Waals surface area contributed by atoms with Crippen LogP contribution in [-0.4, -0.2) is 27.0 Å². The van der Waals surface area contributed by atoms with Gasteiger partial charge in [-0.25, -0.2) is 9.38 Å². The van der Waals surface area contributed by atoms with Gasteiger partial charge in [-0.15, -0.1) is 0 Å². The molecule has 1 aromatic heterocycles. The Morgan fingerprint density at radius 3 is 2.88 bits per heavy atom. The number of aliphatic imine (C=N–C) groups is 1. The minimum atomic E-state index is -0.387. The third-order valence-corrected chi connectivity index (χ3v) is 6.13. The molecule has 7 heteroatoms. The van der Waals surface area contributed by atoms with E-state index in [4.69, 9.17) is 4.74 Å². The Labute approximate surface area is 155 Å². The molecule has 0 unspecified atom stereocenters. The number of fused-ring (bicyclic) bond motifs is 1. The second-order valence-corrected chi connectivity index (χ2v) is 8.75. The molecule has 2 aromatic rings. The Morgan fingerprint density at radius 1 is 1.38 bits per heavy atom. The second-order valence-electron chi connectivity index (χ2n) is 7.45. The summed E-state index contributed by atoms with van der Waals surface area (Å²) in [5.41, 5.74) is 0.615. The average Bonchev–Trinajstić information content (AvgIpc) is 2.90. The third kappa shape index (κ3) is 3.03. The maximum atomic E-state index is 14.4. The molecule has 3 heterocycles. The first-order valence-electron chi connectivity index (χ1n) is 8.80. The minimum Gasteiger partial charge on any atom is -0.375 e. The van der Waals surface area contributed by atoms with Gasteiger partial charge in [0.15, 0.2) is 5.82 Å². The molecule has 1 aromatic carbocycles. The first-order valence-corrected chi connectivity index (χ1v) is 9.68. The van der Waals surface area contributed by atoms with Crippen molar-refractivity contribution in [3.63, 3.8) is 0 Å². The molecule has 2 atom stereocenters. The van der Waals surface area contributed by atoms with Crippen molar-refractivity contribution in [3.8, 4) is 0 Å². The van der Waals surface area contributed by atoms with Crippen LogP contribution in [0.15, 0.2) is 34.1 Å². The van der Waals surface area contributed by atoms with E-state index in [-0.39, 0.29) is 28.3 Å². The molecule has 0 amide bonds. The zero-order valence-corrected chi connectivity index (χ0v) is 15.9. The highest BCUT2D eigenvalue weighted by atomic mass is 32.2. The van der Waals surface area contributed by atoms with Crippen LogP contribution in [0.2, 0.25) is 0 Å². The third-order valence-electron chi connectivity index (χ3n) is 4.97. The highest BCUT2D eigenvalue weighted by Crippen LogP contribution is 2.46. The van der Waals surface area contributed by atoms with Crippen molar-refractivity contribution in [2.45, 2.75) is 50.5 Å². The number of hydrogen-bond donors (Lipinski definition) is 1. The molecule has 26 heavy (non-hydrogen) atoms. The standard InChI is InChI=1S/C19H22FN3O2S/c1-11-21-17-15(16(26-11)13-6-4-5-7-14(13)20)18(24)22-23(17)12-8-9-25-19(2,3)10-12/h4-7,12,16H,8-10H2,1-3H3,(H,22,24)/t12-,16-/m1/s1. The lowest BCUT2D eigenvalue weighted by molar-refractivity contribution is -0.0705. The number of H-pyrrole nitrogens is 1. The van der Waals surface area contributed by atoms with Crippen LogP contribution < -0.4 is 5.56 Å². The van der Waals surface area contributed by atoms with Crippen molar-refractivity contribution in [3.05, 3.63) is 51.6 Å². The number of ether oxygens (including phenoxy) is 1. The number of benzene rings is 1. The summed E-state index contributed by atoms with van der Waals surface area (Å²) in [5.74, 6) is 0.326. The van der Waals surface area contributed by atoms with Crippen molar-refractivity contribution in [2.24, 2.45) is 4.99 Å². The van der Waals surface area contributed by atoms with E-state index < -0.39 is 0 Å². The number of rotatable bonds is 2. The van der Waals surface area contributed by atoms with E-state index in [0.717, 1.165) is 17.9 Å². The molecular formula is C19H22FN3O2S. The SMILES string of the molecule is CC1=Nc2c(c(=O)[nH]n2[C@@H]2CCOC(C)(C)C2)[C@@H](c2ccccc2F)S1. The monoisotopic (exact) mass is 375 g/mol. The lowest BCUT2D eigenvalue weighted by Gasteiger charge is -2.36. The van der Waals surface area contributed by atoms with Crippen molar-refractivity contribution < 1.29 is 9.13 Å². The predicted molar refractivity (Wildman–Crippen MR) is 102 cm³/mol. The Morgan fingerprint density at radius 2 is 2.15 bits per heavy atom. The van der Waals surface area contributed by atoms with Crippen LogP contribution in [0.25, 0.3) is 0 Å². The van der Waals surface area contributed by atoms with E-state index in [9.17, 15) is 9.18 Å². The first kappa shape index (κ1) is 17.5. The van der Waals surface area contributed by atoms with Gasteiger partial charge in [0.25, 0.3) is 5.56 Å². The van der Waals surface area contributed by atoms with Crippen LogP contribution in [0, 0.1) is 5.82 Å². The van der Waals surface area contributed by atoms with Gasteiger partial charge < -0.3 is 4.74 Å². The normalized spacial score (nSPS) is 24.8. The molecule has 1 fully saturated rings. The molecule has 0 aliphatic carbocycles. The Bertz CT molecular complexity index is 931. The number of halogens is 1. The summed E-state index contributed by atoms with van der Waals surface area (Å²) in [7, 11) is 0. The molecule has 4 rings (SSSR count). The Kier molecular flexibility index (Phi) is 4.31. The summed E-state index contributed by atoms with van der Waals surface area (Å²) in [6.45, 7) is 6.65. The van der Waals surface area contributed by atoms with E-state index in [1.165, 1.54) is 17.8 Å². The number of aromatic amines is 1. The molecule has 2 aliphatic heterocycles. The number of hydrogen-bond acceptors (Lipinski definition) is 4. The zero-order valence-electron chi connectivity index (χ0n) is 15.1. The van der Waals surface area contributed by atoms with Gasteiger partial charge in [0.1, 0.15) is 5.82 Å². The fourth-order valence-corrected chi connectivity index (χ4v) is 4.93. The van der Waals surface area contributed by atoms with Crippen molar-refractivity contribution in [2.75, 3.05) is 6.61 Å². The van der Waals surface area contributed by atoms with Crippen LogP contribution in [0.4, 0.5) is 10.2 Å². The quantitative estimate of drug-likeness (QED) is 0.850. The van der Waals surface area contributed by atoms with Crippen LogP contribution >= 0.6 is 11.8 Å². The fraction of sp³-hybridized carbons (Fsp3) is 0.474. The maximum absolute atomic E-state index is 14.4. The number of thioether (sulfide) groups is 1. The smallest absolute Gasteiger partial charge is 0.271 e. The highest BCUT2D eigenvalue weighted by Gasteiger charge is 2.36. The molecule has 0 saturated carbocycles. The van der Waals surface area contributed by atoms with Gasteiger partial charge in [0.05, 0.1) is 27.5 Å². The van der Waals surface area contributed by atoms with Gasteiger partial charge in [-0.05, 0) is 39.7 Å². The van der Waals surface area contributed by atoms with Gasteiger partial charge in [0.2, 0.25) is 0 Å². The van der Waals surface area contributed by atoms with E-state index in [0.29, 0.717) is 23.6 Å². The largest absolute Gasteiger partial charge is 0.375 e. The fourth-order valence-electron chi connectivity index (χ4n) is 3.80. The summed E-state index contributed by atoms with van der Waals surface area (Å²) in [4.78, 5) is 17.4. The van der Waals surface area contributed by atoms with Crippen LogP contribution in [0.1, 0.15) is 56.0 Å². The van der Waals surface area contributed by atoms with Crippen LogP contribution in [0.3, 0.4) is 0 Å². The van der Waals surface area contributed by atoms with Crippen molar-refractivity contribution in [1.29, 1.82) is 0 Å². The van der Waals surface area contributed by atoms with Gasteiger partial charge in [-0.2, -0.15) is 0 Å². The molecular weight excluding hydrogens is 353 g/mol. The average molecular weight is 375 g/mol. The van der Waals surface area contributed by atoms with E-state index in [1.807, 2.05) is 11.6 Å². The number of aromatic nitrogens is 2. The topological polar surface area (TPSA) is 59.4 Å². The molecule has 2 aliphatic rings. The molecule has 138 valence electrons. The van der Waals surface area contributed by atoms with Gasteiger partial charge in [0, 0.05) is 12.2 Å². The lowest BCUT2D eigenvalue weighted by Crippen LogP contribution is -2.35. The van der Waals surface area contributed by atoms with Crippen LogP contribution in [0.5, 0.6) is 0 Å². The highest BCUT2D eigenvalue weighted by molar-refractivity contribution is 8.14. The molecule has 0 radical (unpaired) electrons. The summed E-state index contributed by atoms with van der Waals surface area (Å²) in [6.07, 6.45) is 1.60. The Hall–Kier alpha value is -1.86. The molecule has 5 nitrogen and oxygen atoms in total. The zero-order chi connectivity index (χ0) is 18.5. The van der Waals surface area contributed by atoms with E-state index >= 15 is 0 Å². The minimum absolute atomic E-state index is 0.108. The van der Waals surface area contributed by atoms with E-state index in [2.05, 4.69) is 23.9 Å². The summed E-state index contributed by atoms with van der Waals surface area (Å²) < 4.78 is 22.1. The van der Waals surface area contributed by atoms with E-state index in [1.54, 1.807) is 18.2 Å². The summed E-state index contributed by atoms with van der Waals surface area (Å²) >= 11 is 1.42. The summed E-state index contributed by atoms with van der Waals surface area (Å²) in [6, 6.07) is 6.74. The number of nitrogens with one attached hydrogen (secondary N) is 1. The first-order chi connectivity index (χ1) is 12.4. The van der Waals surface area contributed by atoms with Gasteiger partial charge in [-0.3, -0.25) is 14.6 Å². The molecule has 1 N–H and O–H groups in total. The summed E-state index contributed by atoms with van der Waals surface area (Å²) in [5, 5.41) is 3.40. The maximum Gasteiger partial charge on any atom is 0.271 e. The van der Waals surface area contributed by atoms with Crippen LogP contribution in [-0.2, 0) is 4.74 Å². The molecule has 1 saturated heterocycles. The van der Waals surface area contributed by atoms with Crippen molar-refractivity contribution >= 4 is 22.6 Å². The predicted octanol–water partition coefficient (Wildman–Crippen LogP) is 4.33. The van der Waals surface area contributed by atoms with Crippen molar-refractivity contribution in [1.82, 2.24) is 9.78 Å².